The number of rotatable bonds is 6. The molecule has 0 aliphatic rings. The highest BCUT2D eigenvalue weighted by molar-refractivity contribution is 5.84. The number of hydrogen-bond acceptors (Lipinski definition) is 4. The zero-order valence-electron chi connectivity index (χ0n) is 12.3. The molecule has 5 heteroatoms. The number of furan rings is 1. The summed E-state index contributed by atoms with van der Waals surface area (Å²) in [5, 5.41) is 12.3. The Morgan fingerprint density at radius 2 is 2.19 bits per heavy atom. The zero-order chi connectivity index (χ0) is 15.4. The van der Waals surface area contributed by atoms with Crippen LogP contribution in [0.5, 0.6) is 5.75 Å². The van der Waals surface area contributed by atoms with Crippen molar-refractivity contribution >= 4 is 5.97 Å². The first kappa shape index (κ1) is 15.1. The maximum absolute atomic E-state index is 10.9. The smallest absolute Gasteiger partial charge is 0.371 e. The van der Waals surface area contributed by atoms with E-state index in [1.165, 1.54) is 0 Å². The molecule has 0 aliphatic heterocycles. The number of carboxylic acid groups (broad SMARTS) is 1. The summed E-state index contributed by atoms with van der Waals surface area (Å²) in [5.74, 6) is 0.357. The molecular weight excluding hydrogens is 270 g/mol. The highest BCUT2D eigenvalue weighted by Crippen LogP contribution is 2.20. The van der Waals surface area contributed by atoms with Crippen LogP contribution in [-0.2, 0) is 6.54 Å². The van der Waals surface area contributed by atoms with Crippen LogP contribution in [0.15, 0.2) is 34.7 Å². The van der Waals surface area contributed by atoms with Crippen LogP contribution in [-0.4, -0.2) is 18.2 Å². The number of ether oxygens (including phenoxy) is 1. The van der Waals surface area contributed by atoms with E-state index in [0.29, 0.717) is 12.3 Å². The Balaban J connectivity index is 2.03. The molecule has 1 aromatic carbocycles. The van der Waals surface area contributed by atoms with Crippen LogP contribution in [0.3, 0.4) is 0 Å². The molecule has 0 fully saturated rings. The molecule has 1 aromatic heterocycles. The predicted molar refractivity (Wildman–Crippen MR) is 78.7 cm³/mol. The summed E-state index contributed by atoms with van der Waals surface area (Å²) in [4.78, 5) is 10.9. The van der Waals surface area contributed by atoms with Gasteiger partial charge in [-0.1, -0.05) is 12.1 Å². The van der Waals surface area contributed by atoms with E-state index in [1.807, 2.05) is 31.2 Å². The van der Waals surface area contributed by atoms with Gasteiger partial charge in [0.15, 0.2) is 0 Å². The average molecular weight is 289 g/mol. The van der Waals surface area contributed by atoms with Gasteiger partial charge >= 0.3 is 5.97 Å². The van der Waals surface area contributed by atoms with Crippen LogP contribution in [0.4, 0.5) is 0 Å². The Labute approximate surface area is 123 Å². The van der Waals surface area contributed by atoms with Crippen LogP contribution in [0.25, 0.3) is 0 Å². The second-order valence-corrected chi connectivity index (χ2v) is 4.88. The van der Waals surface area contributed by atoms with Gasteiger partial charge in [0.2, 0.25) is 5.76 Å². The lowest BCUT2D eigenvalue weighted by Gasteiger charge is -2.14. The number of benzene rings is 1. The zero-order valence-corrected chi connectivity index (χ0v) is 12.3. The van der Waals surface area contributed by atoms with Gasteiger partial charge in [-0.25, -0.2) is 4.79 Å². The highest BCUT2D eigenvalue weighted by atomic mass is 16.5. The monoisotopic (exact) mass is 289 g/mol. The van der Waals surface area contributed by atoms with Gasteiger partial charge in [-0.3, -0.25) is 0 Å². The molecule has 112 valence electrons. The van der Waals surface area contributed by atoms with Crippen molar-refractivity contribution in [3.8, 4) is 5.75 Å². The van der Waals surface area contributed by atoms with Gasteiger partial charge in [-0.05, 0) is 37.6 Å². The Kier molecular flexibility index (Phi) is 4.65. The molecule has 5 nitrogen and oxygen atoms in total. The predicted octanol–water partition coefficient (Wildman–Crippen LogP) is 3.15. The molecule has 0 spiro atoms. The van der Waals surface area contributed by atoms with Crippen molar-refractivity contribution in [2.75, 3.05) is 7.11 Å². The lowest BCUT2D eigenvalue weighted by Crippen LogP contribution is -2.18. The molecule has 0 radical (unpaired) electrons. The molecular formula is C16H19NO4. The molecule has 0 saturated carbocycles. The maximum Gasteiger partial charge on any atom is 0.371 e. The molecule has 2 N–H and O–H groups in total. The average Bonchev–Trinajstić information content (AvgIpc) is 2.86. The van der Waals surface area contributed by atoms with Gasteiger partial charge in [0.05, 0.1) is 7.11 Å². The third-order valence-corrected chi connectivity index (χ3v) is 3.42. The fourth-order valence-corrected chi connectivity index (χ4v) is 2.09. The Morgan fingerprint density at radius 1 is 1.43 bits per heavy atom. The second-order valence-electron chi connectivity index (χ2n) is 4.88. The fourth-order valence-electron chi connectivity index (χ4n) is 2.09. The van der Waals surface area contributed by atoms with Gasteiger partial charge in [0, 0.05) is 18.2 Å². The summed E-state index contributed by atoms with van der Waals surface area (Å²) in [6, 6.07) is 9.51. The first-order valence-electron chi connectivity index (χ1n) is 6.71. The normalized spacial score (nSPS) is 12.1. The largest absolute Gasteiger partial charge is 0.497 e. The van der Waals surface area contributed by atoms with E-state index in [1.54, 1.807) is 20.1 Å². The first-order chi connectivity index (χ1) is 10.0. The van der Waals surface area contributed by atoms with Crippen molar-refractivity contribution in [3.63, 3.8) is 0 Å². The van der Waals surface area contributed by atoms with Crippen molar-refractivity contribution < 1.29 is 19.1 Å². The van der Waals surface area contributed by atoms with Crippen LogP contribution in [0.2, 0.25) is 0 Å². The first-order valence-corrected chi connectivity index (χ1v) is 6.71. The van der Waals surface area contributed by atoms with Crippen LogP contribution in [0, 0.1) is 6.92 Å². The number of aryl methyl sites for hydroxylation is 1. The second kappa shape index (κ2) is 6.45. The fraction of sp³-hybridized carbons (Fsp3) is 0.312. The number of methoxy groups -OCH3 is 1. The number of aromatic carboxylic acids is 1. The summed E-state index contributed by atoms with van der Waals surface area (Å²) in [6.45, 7) is 4.35. The van der Waals surface area contributed by atoms with Gasteiger partial charge in [-0.2, -0.15) is 0 Å². The van der Waals surface area contributed by atoms with Crippen molar-refractivity contribution in [2.45, 2.75) is 26.4 Å². The van der Waals surface area contributed by atoms with Crippen LogP contribution < -0.4 is 10.1 Å². The molecule has 21 heavy (non-hydrogen) atoms. The molecule has 2 aromatic rings. The molecule has 0 saturated heterocycles. The summed E-state index contributed by atoms with van der Waals surface area (Å²) in [6.07, 6.45) is 0. The van der Waals surface area contributed by atoms with Gasteiger partial charge < -0.3 is 19.6 Å². The van der Waals surface area contributed by atoms with Gasteiger partial charge in [0.1, 0.15) is 11.5 Å². The third-order valence-electron chi connectivity index (χ3n) is 3.42. The number of nitrogens with one attached hydrogen (secondary N) is 1. The van der Waals surface area contributed by atoms with Crippen LogP contribution in [0.1, 0.15) is 40.4 Å². The summed E-state index contributed by atoms with van der Waals surface area (Å²) < 4.78 is 10.4. The quantitative estimate of drug-likeness (QED) is 0.854. The summed E-state index contributed by atoms with van der Waals surface area (Å²) >= 11 is 0. The standard InChI is InChI=1S/C16H19NO4/c1-10(12-5-4-6-14(7-12)20-3)17-9-13-8-15(16(18)19)21-11(13)2/h4-8,10,17H,9H2,1-3H3,(H,18,19)/t10-/m0/s1. The SMILES string of the molecule is COc1cccc([C@H](C)NCc2cc(C(=O)O)oc2C)c1. The molecule has 0 unspecified atom stereocenters. The Morgan fingerprint density at radius 3 is 2.81 bits per heavy atom. The van der Waals surface area contributed by atoms with E-state index in [9.17, 15) is 4.79 Å². The maximum atomic E-state index is 10.9. The van der Waals surface area contributed by atoms with Gasteiger partial charge in [0.25, 0.3) is 0 Å². The van der Waals surface area contributed by atoms with Crippen molar-refractivity contribution in [1.82, 2.24) is 5.32 Å². The molecule has 1 atom stereocenters. The third kappa shape index (κ3) is 3.64. The number of carbonyl (C=O) groups is 1. The molecule has 0 amide bonds. The topological polar surface area (TPSA) is 71.7 Å². The van der Waals surface area contributed by atoms with Gasteiger partial charge in [-0.15, -0.1) is 0 Å². The van der Waals surface area contributed by atoms with E-state index in [4.69, 9.17) is 14.3 Å². The molecule has 0 aliphatic carbocycles. The number of hydrogen-bond donors (Lipinski definition) is 2. The van der Waals surface area contributed by atoms with Crippen molar-refractivity contribution in [2.24, 2.45) is 0 Å². The molecule has 1 heterocycles. The van der Waals surface area contributed by atoms with E-state index in [-0.39, 0.29) is 11.8 Å². The van der Waals surface area contributed by atoms with Crippen LogP contribution >= 0.6 is 0 Å². The molecule has 2 rings (SSSR count). The Bertz CT molecular complexity index is 633. The highest BCUT2D eigenvalue weighted by Gasteiger charge is 2.14. The van der Waals surface area contributed by atoms with Crippen molar-refractivity contribution in [1.29, 1.82) is 0 Å². The van der Waals surface area contributed by atoms with Crippen molar-refractivity contribution in [3.05, 3.63) is 53.0 Å². The summed E-state index contributed by atoms with van der Waals surface area (Å²) in [7, 11) is 1.64. The van der Waals surface area contributed by atoms with E-state index >= 15 is 0 Å². The lowest BCUT2D eigenvalue weighted by molar-refractivity contribution is 0.0661. The Hall–Kier alpha value is -2.27. The lowest BCUT2D eigenvalue weighted by atomic mass is 10.1. The summed E-state index contributed by atoms with van der Waals surface area (Å²) in [5.41, 5.74) is 1.95. The minimum Gasteiger partial charge on any atom is -0.497 e. The minimum atomic E-state index is -1.05. The van der Waals surface area contributed by atoms with E-state index in [0.717, 1.165) is 16.9 Å². The van der Waals surface area contributed by atoms with E-state index in [2.05, 4.69) is 5.32 Å². The minimum absolute atomic E-state index is 0.0293. The van der Waals surface area contributed by atoms with E-state index < -0.39 is 5.97 Å². The number of carboxylic acids is 1. The molecule has 0 bridgehead atoms.